The van der Waals surface area contributed by atoms with Crippen LogP contribution in [0.2, 0.25) is 0 Å². The molecule has 1 saturated carbocycles. The molecular weight excluding hydrogens is 246 g/mol. The van der Waals surface area contributed by atoms with Gasteiger partial charge in [0.05, 0.1) is 6.61 Å². The second-order valence-corrected chi connectivity index (χ2v) is 5.54. The van der Waals surface area contributed by atoms with E-state index in [1.807, 2.05) is 4.90 Å². The zero-order chi connectivity index (χ0) is 13.7. The van der Waals surface area contributed by atoms with E-state index >= 15 is 0 Å². The molecule has 2 aliphatic rings. The smallest absolute Gasteiger partial charge is 0.410 e. The number of carbonyl (C=O) groups is 2. The summed E-state index contributed by atoms with van der Waals surface area (Å²) in [7, 11) is 0. The Labute approximate surface area is 113 Å². The van der Waals surface area contributed by atoms with Gasteiger partial charge in [-0.15, -0.1) is 0 Å². The Hall–Kier alpha value is -1.26. The molecule has 0 aromatic rings. The molecule has 1 N–H and O–H groups in total. The highest BCUT2D eigenvalue weighted by atomic mass is 16.6. The van der Waals surface area contributed by atoms with Gasteiger partial charge in [-0.05, 0) is 19.3 Å². The van der Waals surface area contributed by atoms with Crippen LogP contribution in [0.1, 0.15) is 57.8 Å². The Morgan fingerprint density at radius 1 is 1.21 bits per heavy atom. The Morgan fingerprint density at radius 3 is 2.53 bits per heavy atom. The molecule has 1 heterocycles. The highest BCUT2D eigenvalue weighted by Gasteiger charge is 2.35. The Kier molecular flexibility index (Phi) is 5.05. The van der Waals surface area contributed by atoms with Crippen molar-refractivity contribution in [3.8, 4) is 0 Å². The fourth-order valence-corrected chi connectivity index (χ4v) is 3.20. The number of carbonyl (C=O) groups excluding carboxylic acids is 1. The first-order valence-electron chi connectivity index (χ1n) is 7.35. The third-order valence-corrected chi connectivity index (χ3v) is 4.19. The largest absolute Gasteiger partial charge is 0.481 e. The van der Waals surface area contributed by atoms with Gasteiger partial charge in [0.1, 0.15) is 0 Å². The molecule has 2 rings (SSSR count). The SMILES string of the molecule is O=C(O)CCC1CCOC(=O)N1C1CCCCCC1. The van der Waals surface area contributed by atoms with E-state index in [0.717, 1.165) is 32.1 Å². The molecular formula is C14H23NO4. The molecule has 1 unspecified atom stereocenters. The summed E-state index contributed by atoms with van der Waals surface area (Å²) in [5.41, 5.74) is 0. The second kappa shape index (κ2) is 6.78. The van der Waals surface area contributed by atoms with Gasteiger partial charge in [-0.3, -0.25) is 4.79 Å². The molecule has 5 heteroatoms. The maximum atomic E-state index is 12.0. The first kappa shape index (κ1) is 14.2. The number of amides is 1. The van der Waals surface area contributed by atoms with Gasteiger partial charge in [-0.2, -0.15) is 0 Å². The Balaban J connectivity index is 2.01. The minimum Gasteiger partial charge on any atom is -0.481 e. The van der Waals surface area contributed by atoms with Crippen LogP contribution in [0.4, 0.5) is 4.79 Å². The van der Waals surface area contributed by atoms with E-state index in [1.54, 1.807) is 0 Å². The number of carboxylic acid groups (broad SMARTS) is 1. The molecule has 0 aromatic heterocycles. The summed E-state index contributed by atoms with van der Waals surface area (Å²) in [5, 5.41) is 8.82. The van der Waals surface area contributed by atoms with Gasteiger partial charge in [-0.1, -0.05) is 25.7 Å². The van der Waals surface area contributed by atoms with Crippen LogP contribution in [0.25, 0.3) is 0 Å². The van der Waals surface area contributed by atoms with Crippen molar-refractivity contribution in [1.29, 1.82) is 0 Å². The number of hydrogen-bond donors (Lipinski definition) is 1. The fraction of sp³-hybridized carbons (Fsp3) is 0.857. The zero-order valence-corrected chi connectivity index (χ0v) is 11.3. The standard InChI is InChI=1S/C14H23NO4/c16-13(17)8-7-12-9-10-19-14(18)15(12)11-5-3-1-2-4-6-11/h11-12H,1-10H2,(H,16,17). The minimum absolute atomic E-state index is 0.0421. The van der Waals surface area contributed by atoms with Gasteiger partial charge in [0, 0.05) is 24.9 Å². The van der Waals surface area contributed by atoms with Crippen molar-refractivity contribution in [2.45, 2.75) is 69.9 Å². The van der Waals surface area contributed by atoms with Gasteiger partial charge in [0.2, 0.25) is 0 Å². The van der Waals surface area contributed by atoms with Crippen molar-refractivity contribution in [2.75, 3.05) is 6.61 Å². The van der Waals surface area contributed by atoms with Crippen molar-refractivity contribution in [3.05, 3.63) is 0 Å². The van der Waals surface area contributed by atoms with E-state index in [9.17, 15) is 9.59 Å². The summed E-state index contributed by atoms with van der Waals surface area (Å²) < 4.78 is 5.16. The van der Waals surface area contributed by atoms with E-state index in [4.69, 9.17) is 9.84 Å². The van der Waals surface area contributed by atoms with Crippen molar-refractivity contribution in [1.82, 2.24) is 4.90 Å². The summed E-state index contributed by atoms with van der Waals surface area (Å²) in [6, 6.07) is 0.287. The first-order chi connectivity index (χ1) is 9.18. The minimum atomic E-state index is -0.792. The highest BCUT2D eigenvalue weighted by molar-refractivity contribution is 5.70. The molecule has 0 radical (unpaired) electrons. The Bertz CT molecular complexity index is 323. The first-order valence-corrected chi connectivity index (χ1v) is 7.35. The quantitative estimate of drug-likeness (QED) is 0.797. The highest BCUT2D eigenvalue weighted by Crippen LogP contribution is 2.28. The van der Waals surface area contributed by atoms with Gasteiger partial charge in [0.25, 0.3) is 0 Å². The maximum Gasteiger partial charge on any atom is 0.410 e. The predicted molar refractivity (Wildman–Crippen MR) is 70.0 cm³/mol. The number of cyclic esters (lactones) is 1. The second-order valence-electron chi connectivity index (χ2n) is 5.54. The maximum absolute atomic E-state index is 12.0. The molecule has 108 valence electrons. The van der Waals surface area contributed by atoms with Crippen LogP contribution in [0.15, 0.2) is 0 Å². The normalized spacial score (nSPS) is 25.8. The van der Waals surface area contributed by atoms with E-state index in [-0.39, 0.29) is 24.6 Å². The third-order valence-electron chi connectivity index (χ3n) is 4.19. The topological polar surface area (TPSA) is 66.8 Å². The zero-order valence-electron chi connectivity index (χ0n) is 11.3. The fourth-order valence-electron chi connectivity index (χ4n) is 3.20. The Morgan fingerprint density at radius 2 is 1.89 bits per heavy atom. The lowest BCUT2D eigenvalue weighted by atomic mass is 9.99. The third kappa shape index (κ3) is 3.85. The lowest BCUT2D eigenvalue weighted by Crippen LogP contribution is -2.51. The molecule has 19 heavy (non-hydrogen) atoms. The monoisotopic (exact) mass is 269 g/mol. The van der Waals surface area contributed by atoms with E-state index in [2.05, 4.69) is 0 Å². The van der Waals surface area contributed by atoms with Gasteiger partial charge in [-0.25, -0.2) is 4.79 Å². The average Bonchev–Trinajstić information content (AvgIpc) is 2.65. The van der Waals surface area contributed by atoms with E-state index < -0.39 is 5.97 Å². The number of carboxylic acids is 1. The summed E-state index contributed by atoms with van der Waals surface area (Å²) in [4.78, 5) is 24.6. The van der Waals surface area contributed by atoms with E-state index in [0.29, 0.717) is 13.0 Å². The predicted octanol–water partition coefficient (Wildman–Crippen LogP) is 2.78. The van der Waals surface area contributed by atoms with Crippen LogP contribution in [0, 0.1) is 0 Å². The summed E-state index contributed by atoms with van der Waals surface area (Å²) in [5.74, 6) is -0.792. The summed E-state index contributed by atoms with van der Waals surface area (Å²) in [6.45, 7) is 0.423. The molecule has 1 atom stereocenters. The summed E-state index contributed by atoms with van der Waals surface area (Å²) in [6.07, 6.45) is 8.02. The summed E-state index contributed by atoms with van der Waals surface area (Å²) >= 11 is 0. The van der Waals surface area contributed by atoms with Crippen molar-refractivity contribution >= 4 is 12.1 Å². The van der Waals surface area contributed by atoms with Crippen molar-refractivity contribution in [3.63, 3.8) is 0 Å². The molecule has 1 saturated heterocycles. The number of rotatable bonds is 4. The number of nitrogens with zero attached hydrogens (tertiary/aromatic N) is 1. The van der Waals surface area contributed by atoms with Gasteiger partial charge in [0.15, 0.2) is 0 Å². The van der Waals surface area contributed by atoms with Crippen LogP contribution in [0.3, 0.4) is 0 Å². The number of ether oxygens (including phenoxy) is 1. The molecule has 1 amide bonds. The van der Waals surface area contributed by atoms with Crippen LogP contribution < -0.4 is 0 Å². The average molecular weight is 269 g/mol. The molecule has 1 aliphatic carbocycles. The number of aliphatic carboxylic acids is 1. The van der Waals surface area contributed by atoms with Crippen LogP contribution in [0.5, 0.6) is 0 Å². The van der Waals surface area contributed by atoms with Gasteiger partial charge < -0.3 is 14.7 Å². The molecule has 2 fully saturated rings. The lowest BCUT2D eigenvalue weighted by Gasteiger charge is -2.40. The number of hydrogen-bond acceptors (Lipinski definition) is 3. The van der Waals surface area contributed by atoms with Gasteiger partial charge >= 0.3 is 12.1 Å². The molecule has 5 nitrogen and oxygen atoms in total. The van der Waals surface area contributed by atoms with Crippen LogP contribution in [-0.4, -0.2) is 40.8 Å². The van der Waals surface area contributed by atoms with Crippen molar-refractivity contribution < 1.29 is 19.4 Å². The van der Waals surface area contributed by atoms with Crippen LogP contribution >= 0.6 is 0 Å². The van der Waals surface area contributed by atoms with E-state index in [1.165, 1.54) is 12.8 Å². The molecule has 0 aromatic carbocycles. The molecule has 0 spiro atoms. The van der Waals surface area contributed by atoms with Crippen molar-refractivity contribution in [2.24, 2.45) is 0 Å². The lowest BCUT2D eigenvalue weighted by molar-refractivity contribution is -0.137. The molecule has 0 bridgehead atoms. The van der Waals surface area contributed by atoms with Crippen LogP contribution in [-0.2, 0) is 9.53 Å². The molecule has 1 aliphatic heterocycles.